The van der Waals surface area contributed by atoms with Crippen molar-refractivity contribution in [3.8, 4) is 0 Å². The summed E-state index contributed by atoms with van der Waals surface area (Å²) in [6.45, 7) is -0.980. The number of carbonyl (C=O) groups is 1. The molecule has 0 heterocycles. The van der Waals surface area contributed by atoms with Gasteiger partial charge in [0.25, 0.3) is 0 Å². The zero-order valence-corrected chi connectivity index (χ0v) is 12.0. The van der Waals surface area contributed by atoms with Crippen LogP contribution < -0.4 is 0 Å². The molecule has 21 heavy (non-hydrogen) atoms. The molecule has 8 heteroatoms. The summed E-state index contributed by atoms with van der Waals surface area (Å²) in [7, 11) is -3.85. The summed E-state index contributed by atoms with van der Waals surface area (Å²) in [5.41, 5.74) is 0.423. The zero-order chi connectivity index (χ0) is 15.9. The lowest BCUT2D eigenvalue weighted by Gasteiger charge is -2.20. The van der Waals surface area contributed by atoms with Crippen molar-refractivity contribution in [3.63, 3.8) is 0 Å². The van der Waals surface area contributed by atoms with Crippen LogP contribution in [-0.2, 0) is 14.8 Å². The van der Waals surface area contributed by atoms with Gasteiger partial charge in [0.1, 0.15) is 0 Å². The van der Waals surface area contributed by atoms with Gasteiger partial charge in [-0.3, -0.25) is 0 Å². The summed E-state index contributed by atoms with van der Waals surface area (Å²) >= 11 is 0. The lowest BCUT2D eigenvalue weighted by Crippen LogP contribution is -2.35. The number of nitrogens with zero attached hydrogens (tertiary/aromatic N) is 1. The number of sulfonamides is 1. The van der Waals surface area contributed by atoms with Crippen molar-refractivity contribution in [2.24, 2.45) is 0 Å². The summed E-state index contributed by atoms with van der Waals surface area (Å²) in [5.74, 6) is -1.13. The number of benzene rings is 1. The summed E-state index contributed by atoms with van der Waals surface area (Å²) in [4.78, 5) is 10.4. The average molecular weight is 315 g/mol. The van der Waals surface area contributed by atoms with Gasteiger partial charge in [0.05, 0.1) is 18.1 Å². The van der Waals surface area contributed by atoms with Gasteiger partial charge in [-0.05, 0) is 23.8 Å². The largest absolute Gasteiger partial charge is 0.478 e. The van der Waals surface area contributed by atoms with Gasteiger partial charge in [-0.2, -0.15) is 4.31 Å². The van der Waals surface area contributed by atoms with E-state index < -0.39 is 16.0 Å². The van der Waals surface area contributed by atoms with Crippen LogP contribution in [-0.4, -0.2) is 60.3 Å². The molecule has 0 amide bonds. The molecule has 0 bridgehead atoms. The maximum absolute atomic E-state index is 12.4. The van der Waals surface area contributed by atoms with E-state index in [1.807, 2.05) is 0 Å². The quantitative estimate of drug-likeness (QED) is 0.570. The van der Waals surface area contributed by atoms with Gasteiger partial charge >= 0.3 is 5.97 Å². The van der Waals surface area contributed by atoms with Crippen LogP contribution in [0.1, 0.15) is 5.56 Å². The maximum Gasteiger partial charge on any atom is 0.328 e. The molecule has 0 aliphatic heterocycles. The van der Waals surface area contributed by atoms with Crippen LogP contribution in [0.2, 0.25) is 0 Å². The number of aliphatic hydroxyl groups is 2. The van der Waals surface area contributed by atoms with Gasteiger partial charge in [-0.1, -0.05) is 12.1 Å². The fourth-order valence-corrected chi connectivity index (χ4v) is 3.15. The minimum atomic E-state index is -3.85. The number of hydrogen-bond donors (Lipinski definition) is 3. The summed E-state index contributed by atoms with van der Waals surface area (Å²) < 4.78 is 25.7. The van der Waals surface area contributed by atoms with Crippen molar-refractivity contribution < 1.29 is 28.5 Å². The van der Waals surface area contributed by atoms with E-state index in [-0.39, 0.29) is 31.2 Å². The Labute approximate surface area is 122 Å². The summed E-state index contributed by atoms with van der Waals surface area (Å²) in [6, 6.07) is 5.76. The molecule has 0 fully saturated rings. The van der Waals surface area contributed by atoms with Gasteiger partial charge in [-0.25, -0.2) is 13.2 Å². The highest BCUT2D eigenvalue weighted by Gasteiger charge is 2.23. The Morgan fingerprint density at radius 1 is 1.19 bits per heavy atom. The molecule has 116 valence electrons. The molecule has 1 aromatic carbocycles. The SMILES string of the molecule is O=C(O)C=Cc1cccc(S(=O)(=O)N(CCO)CCO)c1. The van der Waals surface area contributed by atoms with Gasteiger partial charge in [0.15, 0.2) is 0 Å². The first-order chi connectivity index (χ1) is 9.91. The van der Waals surface area contributed by atoms with E-state index in [1.165, 1.54) is 24.3 Å². The summed E-state index contributed by atoms with van der Waals surface area (Å²) in [5, 5.41) is 26.4. The lowest BCUT2D eigenvalue weighted by molar-refractivity contribution is -0.131. The number of hydrogen-bond acceptors (Lipinski definition) is 5. The van der Waals surface area contributed by atoms with Crippen molar-refractivity contribution in [1.82, 2.24) is 4.31 Å². The second kappa shape index (κ2) is 7.89. The number of aliphatic carboxylic acids is 1. The van der Waals surface area contributed by atoms with E-state index in [4.69, 9.17) is 15.3 Å². The van der Waals surface area contributed by atoms with E-state index in [0.717, 1.165) is 10.4 Å². The molecule has 0 unspecified atom stereocenters. The molecule has 1 aromatic rings. The molecular formula is C13H17NO6S. The van der Waals surface area contributed by atoms with E-state index >= 15 is 0 Å². The second-order valence-electron chi connectivity index (χ2n) is 4.10. The molecule has 0 aliphatic rings. The first-order valence-electron chi connectivity index (χ1n) is 6.14. The van der Waals surface area contributed by atoms with E-state index in [2.05, 4.69) is 0 Å². The predicted molar refractivity (Wildman–Crippen MR) is 76.0 cm³/mol. The van der Waals surface area contributed by atoms with Crippen LogP contribution in [0.15, 0.2) is 35.2 Å². The molecule has 0 saturated heterocycles. The van der Waals surface area contributed by atoms with Gasteiger partial charge in [-0.15, -0.1) is 0 Å². The Balaban J connectivity index is 3.12. The van der Waals surface area contributed by atoms with Crippen LogP contribution in [0.5, 0.6) is 0 Å². The molecule has 0 atom stereocenters. The number of carboxylic acids is 1. The van der Waals surface area contributed by atoms with E-state index in [0.29, 0.717) is 5.56 Å². The molecule has 1 rings (SSSR count). The lowest BCUT2D eigenvalue weighted by atomic mass is 10.2. The Kier molecular flexibility index (Phi) is 6.50. The Morgan fingerprint density at radius 3 is 2.33 bits per heavy atom. The maximum atomic E-state index is 12.4. The number of aliphatic hydroxyl groups excluding tert-OH is 2. The molecule has 0 saturated carbocycles. The van der Waals surface area contributed by atoms with Crippen molar-refractivity contribution in [3.05, 3.63) is 35.9 Å². The van der Waals surface area contributed by atoms with Crippen molar-refractivity contribution in [2.75, 3.05) is 26.3 Å². The average Bonchev–Trinajstić information content (AvgIpc) is 2.45. The van der Waals surface area contributed by atoms with Gasteiger partial charge < -0.3 is 15.3 Å². The van der Waals surface area contributed by atoms with Crippen molar-refractivity contribution >= 4 is 22.1 Å². The molecule has 0 radical (unpaired) electrons. The smallest absolute Gasteiger partial charge is 0.328 e. The highest BCUT2D eigenvalue weighted by molar-refractivity contribution is 7.89. The highest BCUT2D eigenvalue weighted by atomic mass is 32.2. The van der Waals surface area contributed by atoms with Crippen LogP contribution in [0.25, 0.3) is 6.08 Å². The first kappa shape index (κ1) is 17.3. The molecule has 7 nitrogen and oxygen atoms in total. The van der Waals surface area contributed by atoms with Crippen LogP contribution in [0.3, 0.4) is 0 Å². The molecule has 0 aromatic heterocycles. The van der Waals surface area contributed by atoms with Gasteiger partial charge in [0.2, 0.25) is 10.0 Å². The predicted octanol–water partition coefficient (Wildman–Crippen LogP) is -0.240. The Morgan fingerprint density at radius 2 is 1.81 bits per heavy atom. The second-order valence-corrected chi connectivity index (χ2v) is 6.03. The number of carboxylic acid groups (broad SMARTS) is 1. The third-order valence-corrected chi connectivity index (χ3v) is 4.51. The Bertz CT molecular complexity index is 605. The fraction of sp³-hybridized carbons (Fsp3) is 0.308. The van der Waals surface area contributed by atoms with E-state index in [1.54, 1.807) is 6.07 Å². The first-order valence-corrected chi connectivity index (χ1v) is 7.58. The molecule has 3 N–H and O–H groups in total. The number of rotatable bonds is 8. The van der Waals surface area contributed by atoms with Crippen molar-refractivity contribution in [2.45, 2.75) is 4.90 Å². The highest BCUT2D eigenvalue weighted by Crippen LogP contribution is 2.17. The minimum absolute atomic E-state index is 0.0306. The third kappa shape index (κ3) is 4.94. The van der Waals surface area contributed by atoms with Crippen LogP contribution in [0, 0.1) is 0 Å². The molecular weight excluding hydrogens is 298 g/mol. The van der Waals surface area contributed by atoms with Crippen LogP contribution in [0.4, 0.5) is 0 Å². The van der Waals surface area contributed by atoms with Crippen molar-refractivity contribution in [1.29, 1.82) is 0 Å². The fourth-order valence-electron chi connectivity index (χ4n) is 1.67. The van der Waals surface area contributed by atoms with E-state index in [9.17, 15) is 13.2 Å². The van der Waals surface area contributed by atoms with Crippen LogP contribution >= 0.6 is 0 Å². The summed E-state index contributed by atoms with van der Waals surface area (Å²) in [6.07, 6.45) is 2.19. The van der Waals surface area contributed by atoms with Gasteiger partial charge in [0, 0.05) is 19.2 Å². The third-order valence-electron chi connectivity index (χ3n) is 2.61. The normalized spacial score (nSPS) is 12.1. The Hall–Kier alpha value is -1.74. The zero-order valence-electron chi connectivity index (χ0n) is 11.2. The standard InChI is InChI=1S/C13H17NO6S/c15-8-6-14(7-9-16)21(19,20)12-3-1-2-11(10-12)4-5-13(17)18/h1-5,10,15-16H,6-9H2,(H,17,18). The molecule has 0 aliphatic carbocycles. The molecule has 0 spiro atoms. The minimum Gasteiger partial charge on any atom is -0.478 e. The monoisotopic (exact) mass is 315 g/mol. The topological polar surface area (TPSA) is 115 Å².